The number of para-hydroxylation sites is 1. The Hall–Kier alpha value is -4.11. The van der Waals surface area contributed by atoms with Crippen molar-refractivity contribution in [2.24, 2.45) is 17.2 Å². The third kappa shape index (κ3) is 10.8. The van der Waals surface area contributed by atoms with Gasteiger partial charge in [0.15, 0.2) is 0 Å². The summed E-state index contributed by atoms with van der Waals surface area (Å²) in [4.78, 5) is 76.3. The van der Waals surface area contributed by atoms with E-state index >= 15 is 0 Å². The van der Waals surface area contributed by atoms with Crippen LogP contribution in [-0.2, 0) is 35.2 Å². The van der Waals surface area contributed by atoms with Gasteiger partial charge in [0.2, 0.25) is 29.5 Å². The molecule has 0 radical (unpaired) electrons. The first kappa shape index (κ1) is 33.1. The molecule has 0 spiro atoms. The predicted molar refractivity (Wildman–Crippen MR) is 153 cm³/mol. The van der Waals surface area contributed by atoms with Crippen LogP contribution in [0.5, 0.6) is 0 Å². The molecule has 0 aliphatic rings. The van der Waals surface area contributed by atoms with Gasteiger partial charge < -0.3 is 43.2 Å². The number of nitrogens with one attached hydrogen (secondary N) is 4. The van der Waals surface area contributed by atoms with Gasteiger partial charge in [0.05, 0.1) is 6.04 Å². The number of aromatic nitrogens is 1. The largest absolute Gasteiger partial charge is 0.480 e. The van der Waals surface area contributed by atoms with E-state index in [0.717, 1.165) is 16.5 Å². The number of nitrogens with two attached hydrogens (primary N) is 3. The van der Waals surface area contributed by atoms with Gasteiger partial charge in [-0.1, -0.05) is 18.2 Å². The SMILES string of the molecule is CSCCC(NC(=O)C(N)Cc1c[nH]c2ccccc12)C(=O)NC(CCC(N)=O)C(=O)NC(CCC(N)=O)C(=O)O. The fourth-order valence-corrected chi connectivity index (χ4v) is 4.53. The number of benzene rings is 1. The molecule has 0 aliphatic carbocycles. The van der Waals surface area contributed by atoms with E-state index in [2.05, 4.69) is 20.9 Å². The Kier molecular flexibility index (Phi) is 13.1. The first-order chi connectivity index (χ1) is 19.4. The first-order valence-corrected chi connectivity index (χ1v) is 14.3. The maximum Gasteiger partial charge on any atom is 0.326 e. The second kappa shape index (κ2) is 16.2. The Morgan fingerprint density at radius 2 is 1.39 bits per heavy atom. The molecule has 1 aromatic heterocycles. The van der Waals surface area contributed by atoms with Crippen LogP contribution < -0.4 is 33.2 Å². The quantitative estimate of drug-likeness (QED) is 0.104. The zero-order valence-corrected chi connectivity index (χ0v) is 23.5. The van der Waals surface area contributed by atoms with Crippen molar-refractivity contribution in [3.63, 3.8) is 0 Å². The van der Waals surface area contributed by atoms with Crippen molar-refractivity contribution >= 4 is 58.2 Å². The molecule has 1 aromatic carbocycles. The molecule has 224 valence electrons. The van der Waals surface area contributed by atoms with Gasteiger partial charge >= 0.3 is 5.97 Å². The van der Waals surface area contributed by atoms with Gasteiger partial charge in [-0.05, 0) is 49.3 Å². The summed E-state index contributed by atoms with van der Waals surface area (Å²) in [5.74, 6) is -4.61. The Balaban J connectivity index is 2.13. The highest BCUT2D eigenvalue weighted by Gasteiger charge is 2.30. The van der Waals surface area contributed by atoms with Crippen LogP contribution in [0.25, 0.3) is 10.9 Å². The highest BCUT2D eigenvalue weighted by molar-refractivity contribution is 7.98. The van der Waals surface area contributed by atoms with Crippen molar-refractivity contribution in [3.05, 3.63) is 36.0 Å². The molecule has 4 atom stereocenters. The maximum atomic E-state index is 13.2. The lowest BCUT2D eigenvalue weighted by Crippen LogP contribution is -2.57. The third-order valence-electron chi connectivity index (χ3n) is 6.30. The Morgan fingerprint density at radius 3 is 1.98 bits per heavy atom. The first-order valence-electron chi connectivity index (χ1n) is 12.9. The van der Waals surface area contributed by atoms with E-state index in [1.807, 2.05) is 30.5 Å². The average Bonchev–Trinajstić information content (AvgIpc) is 3.32. The van der Waals surface area contributed by atoms with E-state index in [1.54, 1.807) is 6.20 Å². The predicted octanol–water partition coefficient (Wildman–Crippen LogP) is -1.14. The van der Waals surface area contributed by atoms with E-state index in [9.17, 15) is 33.9 Å². The second-order valence-electron chi connectivity index (χ2n) is 9.48. The molecular weight excluding hydrogens is 554 g/mol. The number of carbonyl (C=O) groups excluding carboxylic acids is 5. The fourth-order valence-electron chi connectivity index (χ4n) is 4.06. The molecule has 0 saturated heterocycles. The number of hydrogen-bond donors (Lipinski definition) is 8. The van der Waals surface area contributed by atoms with Crippen molar-refractivity contribution in [2.75, 3.05) is 12.0 Å². The number of primary amides is 2. The molecule has 0 saturated carbocycles. The lowest BCUT2D eigenvalue weighted by atomic mass is 10.0. The maximum absolute atomic E-state index is 13.2. The zero-order chi connectivity index (χ0) is 30.5. The normalized spacial score (nSPS) is 13.9. The summed E-state index contributed by atoms with van der Waals surface area (Å²) in [5.41, 5.74) is 18.2. The fraction of sp³-hybridized carbons (Fsp3) is 0.462. The van der Waals surface area contributed by atoms with Crippen LogP contribution in [0.4, 0.5) is 0 Å². The number of fused-ring (bicyclic) bond motifs is 1. The number of aliphatic carboxylic acids is 1. The van der Waals surface area contributed by atoms with E-state index in [0.29, 0.717) is 5.75 Å². The molecule has 41 heavy (non-hydrogen) atoms. The standard InChI is InChI=1S/C26H37N7O7S/c1-41-11-10-19(31-23(36)16(27)12-14-13-30-17-5-3-2-4-15(14)17)25(38)32-18(6-8-21(28)34)24(37)33-20(26(39)40)7-9-22(29)35/h2-5,13,16,18-20,30H,6-12,27H2,1H3,(H2,28,34)(H2,29,35)(H,31,36)(H,32,38)(H,33,37)(H,39,40). The summed E-state index contributed by atoms with van der Waals surface area (Å²) < 4.78 is 0. The number of hydrogen-bond acceptors (Lipinski definition) is 8. The summed E-state index contributed by atoms with van der Waals surface area (Å²) >= 11 is 1.44. The van der Waals surface area contributed by atoms with E-state index in [1.165, 1.54) is 11.8 Å². The summed E-state index contributed by atoms with van der Waals surface area (Å²) in [6.07, 6.45) is 2.93. The lowest BCUT2D eigenvalue weighted by Gasteiger charge is -2.25. The lowest BCUT2D eigenvalue weighted by molar-refractivity contribution is -0.142. The molecule has 1 heterocycles. The number of thioether (sulfide) groups is 1. The molecule has 5 amide bonds. The number of carboxylic acid groups (broad SMARTS) is 1. The van der Waals surface area contributed by atoms with E-state index in [-0.39, 0.29) is 38.5 Å². The summed E-state index contributed by atoms with van der Waals surface area (Å²) in [7, 11) is 0. The number of H-pyrrole nitrogens is 1. The molecule has 2 rings (SSSR count). The number of amides is 5. The molecule has 0 bridgehead atoms. The molecule has 2 aromatic rings. The van der Waals surface area contributed by atoms with E-state index < -0.39 is 59.7 Å². The van der Waals surface area contributed by atoms with Crippen LogP contribution in [0, 0.1) is 0 Å². The van der Waals surface area contributed by atoms with Gasteiger partial charge in [-0.15, -0.1) is 0 Å². The van der Waals surface area contributed by atoms with Gasteiger partial charge in [0.25, 0.3) is 0 Å². The third-order valence-corrected chi connectivity index (χ3v) is 6.95. The van der Waals surface area contributed by atoms with Gasteiger partial charge in [-0.25, -0.2) is 4.79 Å². The van der Waals surface area contributed by atoms with Crippen LogP contribution >= 0.6 is 11.8 Å². The number of carboxylic acids is 1. The average molecular weight is 592 g/mol. The monoisotopic (exact) mass is 591 g/mol. The number of rotatable bonds is 18. The summed E-state index contributed by atoms with van der Waals surface area (Å²) in [6.45, 7) is 0. The minimum Gasteiger partial charge on any atom is -0.480 e. The highest BCUT2D eigenvalue weighted by atomic mass is 32.2. The minimum absolute atomic E-state index is 0.207. The number of carbonyl (C=O) groups is 6. The highest BCUT2D eigenvalue weighted by Crippen LogP contribution is 2.19. The van der Waals surface area contributed by atoms with Crippen LogP contribution in [0.15, 0.2) is 30.5 Å². The summed E-state index contributed by atoms with van der Waals surface area (Å²) in [5, 5.41) is 17.7. The Bertz CT molecular complexity index is 1250. The van der Waals surface area contributed by atoms with Gasteiger partial charge in [-0.2, -0.15) is 11.8 Å². The molecular formula is C26H37N7O7S. The molecule has 15 heteroatoms. The molecule has 14 nitrogen and oxygen atoms in total. The van der Waals surface area contributed by atoms with E-state index in [4.69, 9.17) is 17.2 Å². The van der Waals surface area contributed by atoms with Crippen LogP contribution in [0.3, 0.4) is 0 Å². The topological polar surface area (TPSA) is 253 Å². The van der Waals surface area contributed by atoms with Crippen LogP contribution in [0.1, 0.15) is 37.7 Å². The summed E-state index contributed by atoms with van der Waals surface area (Å²) in [6, 6.07) is 2.69. The van der Waals surface area contributed by atoms with Crippen molar-refractivity contribution in [2.45, 2.75) is 62.7 Å². The molecule has 4 unspecified atom stereocenters. The second-order valence-corrected chi connectivity index (χ2v) is 10.5. The van der Waals surface area contributed by atoms with Crippen molar-refractivity contribution in [1.29, 1.82) is 0 Å². The van der Waals surface area contributed by atoms with Gasteiger partial charge in [0, 0.05) is 29.9 Å². The van der Waals surface area contributed by atoms with Crippen molar-refractivity contribution in [1.82, 2.24) is 20.9 Å². The minimum atomic E-state index is -1.46. The molecule has 0 aliphatic heterocycles. The Labute approximate surface area is 240 Å². The van der Waals surface area contributed by atoms with Crippen molar-refractivity contribution in [3.8, 4) is 0 Å². The Morgan fingerprint density at radius 1 is 0.854 bits per heavy atom. The van der Waals surface area contributed by atoms with Gasteiger partial charge in [-0.3, -0.25) is 24.0 Å². The van der Waals surface area contributed by atoms with Crippen molar-refractivity contribution < 1.29 is 33.9 Å². The van der Waals surface area contributed by atoms with Crippen LogP contribution in [0.2, 0.25) is 0 Å². The van der Waals surface area contributed by atoms with Crippen LogP contribution in [-0.4, -0.2) is 81.8 Å². The zero-order valence-electron chi connectivity index (χ0n) is 22.7. The van der Waals surface area contributed by atoms with Gasteiger partial charge in [0.1, 0.15) is 18.1 Å². The molecule has 0 fully saturated rings. The molecule has 11 N–H and O–H groups in total. The smallest absolute Gasteiger partial charge is 0.326 e. The number of aromatic amines is 1.